The van der Waals surface area contributed by atoms with E-state index in [1.807, 2.05) is 0 Å². The molecular formula is C14H22N4Y2-2. The third-order valence-electron chi connectivity index (χ3n) is 3.23. The number of hydrogen-bond donors (Lipinski definition) is 0. The molecule has 0 saturated carbocycles. The molecule has 0 saturated heterocycles. The fourth-order valence-electron chi connectivity index (χ4n) is 2.06. The van der Waals surface area contributed by atoms with Crippen molar-refractivity contribution in [1.29, 1.82) is 0 Å². The first-order valence-corrected chi connectivity index (χ1v) is 6.38. The topological polar surface area (TPSA) is 22.6 Å². The van der Waals surface area contributed by atoms with Gasteiger partial charge in [0.05, 0.1) is 11.4 Å². The molecule has 2 rings (SSSR count). The SMILES string of the molecule is [CH2-]N1CCN(C)CCN([CH2-])Cc2cccc(n2)C1.[Y].[Y]. The zero-order valence-electron chi connectivity index (χ0n) is 12.3. The number of hydrogen-bond acceptors (Lipinski definition) is 4. The van der Waals surface area contributed by atoms with E-state index in [0.717, 1.165) is 50.7 Å². The molecule has 0 aromatic carbocycles. The van der Waals surface area contributed by atoms with Crippen LogP contribution in [0.15, 0.2) is 18.2 Å². The molecule has 0 spiro atoms. The Morgan fingerprint density at radius 3 is 1.80 bits per heavy atom. The van der Waals surface area contributed by atoms with Crippen LogP contribution in [0.1, 0.15) is 11.4 Å². The molecule has 1 aromatic heterocycles. The van der Waals surface area contributed by atoms with E-state index in [9.17, 15) is 0 Å². The van der Waals surface area contributed by atoms with Gasteiger partial charge in [0.1, 0.15) is 0 Å². The van der Waals surface area contributed by atoms with Gasteiger partial charge in [-0.2, -0.15) is 0 Å². The summed E-state index contributed by atoms with van der Waals surface area (Å²) in [5.41, 5.74) is 2.17. The normalized spacial score (nSPS) is 19.1. The molecule has 6 heteroatoms. The summed E-state index contributed by atoms with van der Waals surface area (Å²) in [6, 6.07) is 6.19. The summed E-state index contributed by atoms with van der Waals surface area (Å²) in [4.78, 5) is 11.1. The van der Waals surface area contributed by atoms with Gasteiger partial charge >= 0.3 is 0 Å². The van der Waals surface area contributed by atoms with E-state index < -0.39 is 0 Å². The zero-order chi connectivity index (χ0) is 13.0. The van der Waals surface area contributed by atoms with E-state index in [4.69, 9.17) is 0 Å². The molecule has 1 aliphatic rings. The first-order valence-electron chi connectivity index (χ1n) is 6.38. The molecule has 1 aromatic rings. The minimum absolute atomic E-state index is 0. The molecule has 2 radical (unpaired) electrons. The molecule has 0 N–H and O–H groups in total. The molecule has 2 heterocycles. The average molecular weight is 424 g/mol. The van der Waals surface area contributed by atoms with Crippen LogP contribution in [0.4, 0.5) is 0 Å². The van der Waals surface area contributed by atoms with Crippen molar-refractivity contribution in [3.05, 3.63) is 43.7 Å². The van der Waals surface area contributed by atoms with Crippen LogP contribution in [0.5, 0.6) is 0 Å². The van der Waals surface area contributed by atoms with E-state index in [1.165, 1.54) is 0 Å². The summed E-state index contributed by atoms with van der Waals surface area (Å²) in [6.45, 7) is 5.57. The van der Waals surface area contributed by atoms with E-state index in [1.54, 1.807) is 0 Å². The van der Waals surface area contributed by atoms with Gasteiger partial charge in [-0.15, -0.1) is 0 Å². The maximum Gasteiger partial charge on any atom is 0.0523 e. The molecule has 0 fully saturated rings. The second kappa shape index (κ2) is 10.9. The van der Waals surface area contributed by atoms with Crippen LogP contribution in [0, 0.1) is 14.1 Å². The quantitative estimate of drug-likeness (QED) is 0.585. The molecule has 1 aliphatic heterocycles. The maximum atomic E-state index is 4.65. The predicted molar refractivity (Wildman–Crippen MR) is 73.3 cm³/mol. The van der Waals surface area contributed by atoms with Crippen molar-refractivity contribution in [3.8, 4) is 0 Å². The predicted octanol–water partition coefficient (Wildman–Crippen LogP) is 1.21. The monoisotopic (exact) mass is 424 g/mol. The van der Waals surface area contributed by atoms with Crippen molar-refractivity contribution >= 4 is 0 Å². The van der Waals surface area contributed by atoms with Gasteiger partial charge < -0.3 is 14.7 Å². The Bertz CT molecular complexity index is 358. The zero-order valence-corrected chi connectivity index (χ0v) is 18.0. The third-order valence-corrected chi connectivity index (χ3v) is 3.23. The number of aromatic nitrogens is 1. The van der Waals surface area contributed by atoms with Gasteiger partial charge in [-0.1, -0.05) is 6.07 Å². The van der Waals surface area contributed by atoms with Crippen molar-refractivity contribution in [2.24, 2.45) is 0 Å². The van der Waals surface area contributed by atoms with Gasteiger partial charge in [-0.25, -0.2) is 0 Å². The minimum Gasteiger partial charge on any atom is -0.453 e. The summed E-state index contributed by atoms with van der Waals surface area (Å²) < 4.78 is 0. The van der Waals surface area contributed by atoms with Gasteiger partial charge in [0.25, 0.3) is 0 Å². The van der Waals surface area contributed by atoms with E-state index in [2.05, 4.69) is 59.0 Å². The summed E-state index contributed by atoms with van der Waals surface area (Å²) in [6.07, 6.45) is 0. The first-order chi connectivity index (χ1) is 8.63. The molecule has 20 heavy (non-hydrogen) atoms. The van der Waals surface area contributed by atoms with Crippen molar-refractivity contribution in [1.82, 2.24) is 19.7 Å². The van der Waals surface area contributed by atoms with Gasteiger partial charge in [0.15, 0.2) is 0 Å². The van der Waals surface area contributed by atoms with Crippen LogP contribution in [0.25, 0.3) is 0 Å². The molecule has 0 unspecified atom stereocenters. The number of likely N-dealkylation sites (N-methyl/N-ethyl adjacent to an activating group) is 1. The molecule has 0 aliphatic carbocycles. The molecular weight excluding hydrogens is 402 g/mol. The summed E-state index contributed by atoms with van der Waals surface area (Å²) in [5.74, 6) is 0. The van der Waals surface area contributed by atoms with Crippen molar-refractivity contribution < 1.29 is 65.4 Å². The second-order valence-corrected chi connectivity index (χ2v) is 5.03. The fourth-order valence-corrected chi connectivity index (χ4v) is 2.06. The van der Waals surface area contributed by atoms with Gasteiger partial charge in [-0.3, -0.25) is 19.1 Å². The smallest absolute Gasteiger partial charge is 0.0523 e. The van der Waals surface area contributed by atoms with E-state index in [0.29, 0.717) is 0 Å². The van der Waals surface area contributed by atoms with Crippen molar-refractivity contribution in [2.45, 2.75) is 13.1 Å². The Labute approximate surface area is 173 Å². The van der Waals surface area contributed by atoms with Crippen LogP contribution < -0.4 is 0 Å². The number of nitrogens with zero attached hydrogens (tertiary/aromatic N) is 4. The van der Waals surface area contributed by atoms with Gasteiger partial charge in [-0.05, 0) is 32.3 Å². The Kier molecular flexibility index (Phi) is 11.6. The first kappa shape index (κ1) is 21.2. The summed E-state index contributed by atoms with van der Waals surface area (Å²) in [5, 5.41) is 0. The van der Waals surface area contributed by atoms with E-state index in [-0.39, 0.29) is 65.4 Å². The molecule has 2 bridgehead atoms. The third kappa shape index (κ3) is 7.49. The van der Waals surface area contributed by atoms with Crippen LogP contribution >= 0.6 is 0 Å². The van der Waals surface area contributed by atoms with Crippen LogP contribution in [-0.4, -0.2) is 52.9 Å². The second-order valence-electron chi connectivity index (χ2n) is 5.03. The van der Waals surface area contributed by atoms with Crippen LogP contribution in [0.3, 0.4) is 0 Å². The summed E-state index contributed by atoms with van der Waals surface area (Å²) >= 11 is 0. The Morgan fingerprint density at radius 1 is 0.900 bits per heavy atom. The van der Waals surface area contributed by atoms with Crippen molar-refractivity contribution in [3.63, 3.8) is 0 Å². The molecule has 0 atom stereocenters. The number of pyridine rings is 1. The maximum absolute atomic E-state index is 4.65. The average Bonchev–Trinajstić information content (AvgIpc) is 2.33. The van der Waals surface area contributed by atoms with E-state index >= 15 is 0 Å². The Balaban J connectivity index is 0.00000180. The molecule has 106 valence electrons. The molecule has 0 amide bonds. The molecule has 4 nitrogen and oxygen atoms in total. The van der Waals surface area contributed by atoms with Crippen LogP contribution in [0.2, 0.25) is 0 Å². The fraction of sp³-hybridized carbons (Fsp3) is 0.500. The van der Waals surface area contributed by atoms with Crippen molar-refractivity contribution in [2.75, 3.05) is 33.2 Å². The van der Waals surface area contributed by atoms with Gasteiger partial charge in [0.2, 0.25) is 0 Å². The Morgan fingerprint density at radius 2 is 1.35 bits per heavy atom. The minimum atomic E-state index is 0. The van der Waals surface area contributed by atoms with Gasteiger partial charge in [0, 0.05) is 91.6 Å². The number of fused-ring (bicyclic) bond motifs is 2. The standard InChI is InChI=1S/C14H22N4.2Y/c1-16-7-9-17(2)11-13-5-4-6-14(15-13)12-18(3)10-8-16;;/h4-6H,2-3,7-12H2,1H3;;/q-2;;. The largest absolute Gasteiger partial charge is 0.453 e. The number of rotatable bonds is 0. The van der Waals surface area contributed by atoms with Crippen LogP contribution in [-0.2, 0) is 78.5 Å². The summed E-state index contributed by atoms with van der Waals surface area (Å²) in [7, 11) is 10.3. The Hall–Kier alpha value is 1.24.